The van der Waals surface area contributed by atoms with Gasteiger partial charge in [-0.1, -0.05) is 0 Å². The molecule has 5 heteroatoms. The van der Waals surface area contributed by atoms with Gasteiger partial charge < -0.3 is 15.2 Å². The smallest absolute Gasteiger partial charge is 0.260 e. The van der Waals surface area contributed by atoms with E-state index >= 15 is 0 Å². The van der Waals surface area contributed by atoms with Crippen molar-refractivity contribution in [1.29, 1.82) is 0 Å². The highest BCUT2D eigenvalue weighted by Gasteiger charge is 2.50. The van der Waals surface area contributed by atoms with Gasteiger partial charge in [0.05, 0.1) is 5.41 Å². The van der Waals surface area contributed by atoms with Gasteiger partial charge in [-0.2, -0.15) is 4.98 Å². The van der Waals surface area contributed by atoms with Crippen LogP contribution >= 0.6 is 0 Å². The van der Waals surface area contributed by atoms with E-state index in [-0.39, 0.29) is 11.4 Å². The molecule has 13 heavy (non-hydrogen) atoms. The molecule has 70 valence electrons. The molecular formula is C8H12N4O. The van der Waals surface area contributed by atoms with Crippen molar-refractivity contribution in [2.75, 3.05) is 25.4 Å². The number of fused-ring (bicyclic) bond motifs is 2. The van der Waals surface area contributed by atoms with Crippen LogP contribution in [0.5, 0.6) is 0 Å². The van der Waals surface area contributed by atoms with Crippen LogP contribution in [0, 0.1) is 0 Å². The maximum Gasteiger partial charge on any atom is 0.260 e. The molecule has 1 aromatic heterocycles. The molecule has 0 aromatic carbocycles. The summed E-state index contributed by atoms with van der Waals surface area (Å²) in [5.74, 6) is 0.995. The fraction of sp³-hybridized carbons (Fsp3) is 0.750. The van der Waals surface area contributed by atoms with E-state index in [2.05, 4.69) is 15.0 Å². The Hall–Kier alpha value is -1.10. The minimum absolute atomic E-state index is 0.142. The Labute approximate surface area is 75.9 Å². The molecule has 2 bridgehead atoms. The predicted molar refractivity (Wildman–Crippen MR) is 46.1 cm³/mol. The monoisotopic (exact) mass is 180 g/mol. The van der Waals surface area contributed by atoms with Crippen LogP contribution in [0.2, 0.25) is 0 Å². The lowest BCUT2D eigenvalue weighted by Gasteiger charge is -2.52. The van der Waals surface area contributed by atoms with Crippen molar-refractivity contribution in [3.05, 3.63) is 5.89 Å². The number of nitrogens with two attached hydrogens (primary N) is 1. The number of rotatable bonds is 1. The van der Waals surface area contributed by atoms with Crippen molar-refractivity contribution in [3.63, 3.8) is 0 Å². The van der Waals surface area contributed by atoms with E-state index in [1.54, 1.807) is 0 Å². The molecule has 3 aliphatic heterocycles. The van der Waals surface area contributed by atoms with Gasteiger partial charge in [-0.05, 0) is 24.5 Å². The Bertz CT molecular complexity index is 323. The first kappa shape index (κ1) is 7.32. The van der Waals surface area contributed by atoms with Crippen molar-refractivity contribution in [3.8, 4) is 0 Å². The second-order valence-electron chi connectivity index (χ2n) is 4.05. The SMILES string of the molecule is Nc1noc(C23CCCN(C2)C3)n1. The first-order valence-corrected chi connectivity index (χ1v) is 4.61. The molecule has 0 unspecified atom stereocenters. The van der Waals surface area contributed by atoms with Gasteiger partial charge in [0.1, 0.15) is 0 Å². The van der Waals surface area contributed by atoms with Gasteiger partial charge >= 0.3 is 0 Å². The van der Waals surface area contributed by atoms with Crippen LogP contribution in [0.1, 0.15) is 18.7 Å². The fourth-order valence-corrected chi connectivity index (χ4v) is 2.46. The van der Waals surface area contributed by atoms with Crippen molar-refractivity contribution >= 4 is 5.95 Å². The van der Waals surface area contributed by atoms with Gasteiger partial charge in [0.2, 0.25) is 5.89 Å². The van der Waals surface area contributed by atoms with Crippen LogP contribution in [0.3, 0.4) is 0 Å². The molecule has 0 amide bonds. The highest BCUT2D eigenvalue weighted by atomic mass is 16.5. The van der Waals surface area contributed by atoms with E-state index in [4.69, 9.17) is 10.3 Å². The number of aromatic nitrogens is 2. The zero-order chi connectivity index (χ0) is 8.89. The summed E-state index contributed by atoms with van der Waals surface area (Å²) in [4.78, 5) is 6.52. The fourth-order valence-electron chi connectivity index (χ4n) is 2.46. The number of anilines is 1. The summed E-state index contributed by atoms with van der Waals surface area (Å²) >= 11 is 0. The standard InChI is InChI=1S/C8H12N4O/c9-7-10-6(13-11-7)8-2-1-3-12(4-8)5-8/h1-5H2,(H2,9,11). The summed E-state index contributed by atoms with van der Waals surface area (Å²) in [6.45, 7) is 3.34. The molecule has 2 N–H and O–H groups in total. The summed E-state index contributed by atoms with van der Waals surface area (Å²) < 4.78 is 5.13. The Morgan fingerprint density at radius 2 is 2.31 bits per heavy atom. The molecule has 0 atom stereocenters. The third kappa shape index (κ3) is 0.904. The van der Waals surface area contributed by atoms with Gasteiger partial charge in [-0.15, -0.1) is 0 Å². The summed E-state index contributed by atoms with van der Waals surface area (Å²) in [7, 11) is 0. The number of hydrogen-bond donors (Lipinski definition) is 1. The highest BCUT2D eigenvalue weighted by molar-refractivity contribution is 5.21. The third-order valence-electron chi connectivity index (χ3n) is 3.08. The molecule has 3 aliphatic rings. The molecule has 5 nitrogen and oxygen atoms in total. The molecule has 4 rings (SSSR count). The normalized spacial score (nSPS) is 37.1. The van der Waals surface area contributed by atoms with Crippen LogP contribution in [-0.2, 0) is 5.41 Å². The molecular weight excluding hydrogens is 168 g/mol. The topological polar surface area (TPSA) is 68.2 Å². The maximum absolute atomic E-state index is 5.43. The summed E-state index contributed by atoms with van der Waals surface area (Å²) in [6, 6.07) is 0. The summed E-state index contributed by atoms with van der Waals surface area (Å²) in [5, 5.41) is 3.63. The van der Waals surface area contributed by atoms with Gasteiger partial charge in [0.25, 0.3) is 5.95 Å². The van der Waals surface area contributed by atoms with Crippen LogP contribution < -0.4 is 5.73 Å². The second kappa shape index (κ2) is 2.23. The van der Waals surface area contributed by atoms with E-state index in [1.165, 1.54) is 13.0 Å². The van der Waals surface area contributed by atoms with Gasteiger partial charge in [0.15, 0.2) is 0 Å². The number of nitrogens with zero attached hydrogens (tertiary/aromatic N) is 3. The molecule has 0 spiro atoms. The van der Waals surface area contributed by atoms with Gasteiger partial charge in [-0.3, -0.25) is 0 Å². The first-order valence-electron chi connectivity index (χ1n) is 4.61. The minimum Gasteiger partial charge on any atom is -0.365 e. The zero-order valence-electron chi connectivity index (χ0n) is 7.36. The Morgan fingerprint density at radius 3 is 2.85 bits per heavy atom. The number of nitrogen functional groups attached to an aromatic ring is 1. The molecule has 0 saturated carbocycles. The Balaban J connectivity index is 1.92. The second-order valence-corrected chi connectivity index (χ2v) is 4.05. The largest absolute Gasteiger partial charge is 0.365 e. The van der Waals surface area contributed by atoms with E-state index in [9.17, 15) is 0 Å². The zero-order valence-corrected chi connectivity index (χ0v) is 7.36. The number of piperidine rings is 2. The molecule has 3 fully saturated rings. The van der Waals surface area contributed by atoms with Crippen LogP contribution in [0.15, 0.2) is 4.52 Å². The summed E-state index contributed by atoms with van der Waals surface area (Å²) in [5.41, 5.74) is 5.57. The highest BCUT2D eigenvalue weighted by Crippen LogP contribution is 2.41. The molecule has 4 heterocycles. The van der Waals surface area contributed by atoms with Crippen LogP contribution in [-0.4, -0.2) is 34.7 Å². The average molecular weight is 180 g/mol. The lowest BCUT2D eigenvalue weighted by molar-refractivity contribution is -0.00680. The van der Waals surface area contributed by atoms with E-state index in [1.807, 2.05) is 0 Å². The van der Waals surface area contributed by atoms with E-state index < -0.39 is 0 Å². The van der Waals surface area contributed by atoms with Crippen molar-refractivity contribution in [2.45, 2.75) is 18.3 Å². The van der Waals surface area contributed by atoms with Gasteiger partial charge in [-0.25, -0.2) is 0 Å². The quantitative estimate of drug-likeness (QED) is 0.658. The average Bonchev–Trinajstić information content (AvgIpc) is 2.52. The summed E-state index contributed by atoms with van der Waals surface area (Å²) in [6.07, 6.45) is 2.38. The molecule has 1 aromatic rings. The number of hydrogen-bond acceptors (Lipinski definition) is 5. The molecule has 3 saturated heterocycles. The molecule has 0 aliphatic carbocycles. The minimum atomic E-state index is 0.142. The van der Waals surface area contributed by atoms with E-state index in [0.717, 1.165) is 25.4 Å². The first-order chi connectivity index (χ1) is 6.28. The Kier molecular flexibility index (Phi) is 1.25. The van der Waals surface area contributed by atoms with Crippen molar-refractivity contribution in [1.82, 2.24) is 15.0 Å². The molecule has 0 radical (unpaired) electrons. The predicted octanol–water partition coefficient (Wildman–Crippen LogP) is -0.00100. The lowest BCUT2D eigenvalue weighted by Crippen LogP contribution is -2.63. The van der Waals surface area contributed by atoms with Crippen molar-refractivity contribution in [2.24, 2.45) is 0 Å². The lowest BCUT2D eigenvalue weighted by atomic mass is 9.72. The third-order valence-corrected chi connectivity index (χ3v) is 3.08. The van der Waals surface area contributed by atoms with E-state index in [0.29, 0.717) is 0 Å². The van der Waals surface area contributed by atoms with Crippen molar-refractivity contribution < 1.29 is 4.52 Å². The van der Waals surface area contributed by atoms with Crippen LogP contribution in [0.25, 0.3) is 0 Å². The van der Waals surface area contributed by atoms with Gasteiger partial charge in [0, 0.05) is 13.1 Å². The Morgan fingerprint density at radius 1 is 1.46 bits per heavy atom. The van der Waals surface area contributed by atoms with Crippen LogP contribution in [0.4, 0.5) is 5.95 Å². The maximum atomic E-state index is 5.43.